The van der Waals surface area contributed by atoms with Gasteiger partial charge in [-0.05, 0) is 32.4 Å². The van der Waals surface area contributed by atoms with Gasteiger partial charge in [0.25, 0.3) is 0 Å². The molecule has 0 spiro atoms. The molecule has 1 aliphatic heterocycles. The van der Waals surface area contributed by atoms with E-state index in [1.807, 2.05) is 11.8 Å². The van der Waals surface area contributed by atoms with Crippen molar-refractivity contribution in [2.75, 3.05) is 12.3 Å². The minimum Gasteiger partial charge on any atom is -0.481 e. The quantitative estimate of drug-likeness (QED) is 0.711. The van der Waals surface area contributed by atoms with E-state index >= 15 is 0 Å². The molecule has 0 aromatic rings. The summed E-state index contributed by atoms with van der Waals surface area (Å²) in [6, 6.07) is 0. The summed E-state index contributed by atoms with van der Waals surface area (Å²) in [5.41, 5.74) is 0. The fraction of sp³-hybridized carbons (Fsp3) is 0.800. The van der Waals surface area contributed by atoms with E-state index < -0.39 is 17.8 Å². The molecule has 2 N–H and O–H groups in total. The van der Waals surface area contributed by atoms with Gasteiger partial charge in [-0.15, -0.1) is 0 Å². The molecule has 0 aliphatic carbocycles. The molecule has 1 fully saturated rings. The van der Waals surface area contributed by atoms with E-state index in [2.05, 4.69) is 12.2 Å². The summed E-state index contributed by atoms with van der Waals surface area (Å²) < 4.78 is 0.0912. The zero-order chi connectivity index (χ0) is 11.5. The molecular formula is C10H17NO3S. The molecule has 1 rings (SSSR count). The van der Waals surface area contributed by atoms with Crippen LogP contribution < -0.4 is 5.32 Å². The number of nitrogens with one attached hydrogen (secondary N) is 1. The summed E-state index contributed by atoms with van der Waals surface area (Å²) in [6.07, 6.45) is 2.25. The normalized spacial score (nSPS) is 27.3. The van der Waals surface area contributed by atoms with E-state index in [9.17, 15) is 9.59 Å². The lowest BCUT2D eigenvalue weighted by Gasteiger charge is -2.23. The molecule has 1 amide bonds. The van der Waals surface area contributed by atoms with Crippen molar-refractivity contribution >= 4 is 23.6 Å². The summed E-state index contributed by atoms with van der Waals surface area (Å²) in [7, 11) is 0. The molecule has 5 heteroatoms. The van der Waals surface area contributed by atoms with E-state index in [0.29, 0.717) is 6.54 Å². The van der Waals surface area contributed by atoms with Gasteiger partial charge in [0.1, 0.15) is 5.92 Å². The van der Waals surface area contributed by atoms with Crippen molar-refractivity contribution in [3.05, 3.63) is 0 Å². The zero-order valence-electron chi connectivity index (χ0n) is 9.08. The summed E-state index contributed by atoms with van der Waals surface area (Å²) >= 11 is 1.84. The summed E-state index contributed by atoms with van der Waals surface area (Å²) in [5.74, 6) is -1.30. The summed E-state index contributed by atoms with van der Waals surface area (Å²) in [4.78, 5) is 21.9. The van der Waals surface area contributed by atoms with Gasteiger partial charge in [-0.2, -0.15) is 11.8 Å². The van der Waals surface area contributed by atoms with Crippen molar-refractivity contribution in [3.8, 4) is 0 Å². The fourth-order valence-corrected chi connectivity index (χ4v) is 2.76. The Morgan fingerprint density at radius 3 is 2.73 bits per heavy atom. The number of carbonyl (C=O) groups excluding carboxylic acids is 1. The fourth-order valence-electron chi connectivity index (χ4n) is 1.52. The van der Waals surface area contributed by atoms with Crippen LogP contribution in [0.1, 0.15) is 26.7 Å². The lowest BCUT2D eigenvalue weighted by atomic mass is 10.1. The Hall–Kier alpha value is -0.710. The van der Waals surface area contributed by atoms with E-state index in [0.717, 1.165) is 12.2 Å². The van der Waals surface area contributed by atoms with Gasteiger partial charge < -0.3 is 10.4 Å². The Kier molecular flexibility index (Phi) is 4.02. The molecule has 0 bridgehead atoms. The van der Waals surface area contributed by atoms with Crippen LogP contribution in [0, 0.1) is 5.92 Å². The predicted octanol–water partition coefficient (Wildman–Crippen LogP) is 1.11. The lowest BCUT2D eigenvalue weighted by Crippen LogP contribution is -2.41. The third kappa shape index (κ3) is 3.41. The average molecular weight is 231 g/mol. The van der Waals surface area contributed by atoms with Crippen LogP contribution in [0.5, 0.6) is 0 Å². The van der Waals surface area contributed by atoms with Crippen molar-refractivity contribution in [1.29, 1.82) is 0 Å². The first-order valence-electron chi connectivity index (χ1n) is 5.09. The second kappa shape index (κ2) is 4.88. The van der Waals surface area contributed by atoms with Crippen LogP contribution in [-0.4, -0.2) is 34.0 Å². The van der Waals surface area contributed by atoms with Gasteiger partial charge in [-0.1, -0.05) is 0 Å². The van der Waals surface area contributed by atoms with Gasteiger partial charge in [0.2, 0.25) is 5.91 Å². The van der Waals surface area contributed by atoms with Crippen LogP contribution in [-0.2, 0) is 9.59 Å². The van der Waals surface area contributed by atoms with E-state index in [1.165, 1.54) is 13.3 Å². The minimum absolute atomic E-state index is 0.0912. The van der Waals surface area contributed by atoms with Crippen LogP contribution in [0.3, 0.4) is 0 Å². The Morgan fingerprint density at radius 1 is 1.60 bits per heavy atom. The van der Waals surface area contributed by atoms with Gasteiger partial charge in [0, 0.05) is 11.3 Å². The van der Waals surface area contributed by atoms with Gasteiger partial charge >= 0.3 is 5.97 Å². The number of amides is 1. The molecule has 0 radical (unpaired) electrons. The molecule has 4 nitrogen and oxygen atoms in total. The highest BCUT2D eigenvalue weighted by Gasteiger charge is 2.31. The second-order valence-corrected chi connectivity index (χ2v) is 5.86. The average Bonchev–Trinajstić information content (AvgIpc) is 2.61. The van der Waals surface area contributed by atoms with Gasteiger partial charge in [-0.25, -0.2) is 0 Å². The van der Waals surface area contributed by atoms with E-state index in [-0.39, 0.29) is 4.75 Å². The smallest absolute Gasteiger partial charge is 0.315 e. The van der Waals surface area contributed by atoms with Crippen molar-refractivity contribution in [1.82, 2.24) is 5.32 Å². The van der Waals surface area contributed by atoms with E-state index in [4.69, 9.17) is 5.11 Å². The molecule has 0 saturated carbocycles. The first-order valence-corrected chi connectivity index (χ1v) is 6.08. The number of carboxylic acids is 1. The molecular weight excluding hydrogens is 214 g/mol. The molecule has 2 unspecified atom stereocenters. The van der Waals surface area contributed by atoms with Crippen molar-refractivity contribution in [2.24, 2.45) is 5.92 Å². The summed E-state index contributed by atoms with van der Waals surface area (Å²) in [6.45, 7) is 4.08. The number of carboxylic acid groups (broad SMARTS) is 1. The number of hydrogen-bond acceptors (Lipinski definition) is 3. The van der Waals surface area contributed by atoms with Crippen LogP contribution in [0.15, 0.2) is 0 Å². The van der Waals surface area contributed by atoms with Gasteiger partial charge in [0.15, 0.2) is 0 Å². The highest BCUT2D eigenvalue weighted by atomic mass is 32.2. The van der Waals surface area contributed by atoms with E-state index in [1.54, 1.807) is 0 Å². The molecule has 1 saturated heterocycles. The van der Waals surface area contributed by atoms with Crippen molar-refractivity contribution in [2.45, 2.75) is 31.4 Å². The number of rotatable bonds is 4. The lowest BCUT2D eigenvalue weighted by molar-refractivity contribution is -0.146. The largest absolute Gasteiger partial charge is 0.481 e. The Bertz CT molecular complexity index is 261. The Balaban J connectivity index is 2.36. The maximum atomic E-state index is 11.4. The third-order valence-electron chi connectivity index (χ3n) is 2.70. The second-order valence-electron chi connectivity index (χ2n) is 4.18. The molecule has 86 valence electrons. The SMILES string of the molecule is CC(C(=O)O)C(=O)NCC1(C)CCCS1. The maximum absolute atomic E-state index is 11.4. The maximum Gasteiger partial charge on any atom is 0.315 e. The first kappa shape index (κ1) is 12.4. The highest BCUT2D eigenvalue weighted by molar-refractivity contribution is 8.00. The van der Waals surface area contributed by atoms with Gasteiger partial charge in [-0.3, -0.25) is 9.59 Å². The number of carbonyl (C=O) groups is 2. The molecule has 15 heavy (non-hydrogen) atoms. The zero-order valence-corrected chi connectivity index (χ0v) is 9.89. The van der Waals surface area contributed by atoms with Crippen LogP contribution in [0.2, 0.25) is 0 Å². The third-order valence-corrected chi connectivity index (χ3v) is 4.24. The molecule has 0 aromatic carbocycles. The van der Waals surface area contributed by atoms with Gasteiger partial charge in [0.05, 0.1) is 0 Å². The Labute approximate surface area is 93.8 Å². The highest BCUT2D eigenvalue weighted by Crippen LogP contribution is 2.36. The van der Waals surface area contributed by atoms with Crippen molar-refractivity contribution in [3.63, 3.8) is 0 Å². The van der Waals surface area contributed by atoms with Crippen molar-refractivity contribution < 1.29 is 14.7 Å². The number of hydrogen-bond donors (Lipinski definition) is 2. The first-order chi connectivity index (χ1) is 6.94. The molecule has 2 atom stereocenters. The van der Waals surface area contributed by atoms with Crippen LogP contribution in [0.25, 0.3) is 0 Å². The predicted molar refractivity (Wildman–Crippen MR) is 59.9 cm³/mol. The van der Waals surface area contributed by atoms with Crippen LogP contribution in [0.4, 0.5) is 0 Å². The molecule has 0 aromatic heterocycles. The number of thioether (sulfide) groups is 1. The molecule has 1 heterocycles. The number of aliphatic carboxylic acids is 1. The monoisotopic (exact) mass is 231 g/mol. The standard InChI is InChI=1S/C10H17NO3S/c1-7(9(13)14)8(12)11-6-10(2)4-3-5-15-10/h7H,3-6H2,1-2H3,(H,11,12)(H,13,14). The molecule has 1 aliphatic rings. The topological polar surface area (TPSA) is 66.4 Å². The summed E-state index contributed by atoms with van der Waals surface area (Å²) in [5, 5.41) is 11.3. The Morgan fingerprint density at radius 2 is 2.27 bits per heavy atom. The minimum atomic E-state index is -1.07. The van der Waals surface area contributed by atoms with Crippen LogP contribution >= 0.6 is 11.8 Å².